The molecule has 6 aliphatic rings. The third kappa shape index (κ3) is 15.2. The fourth-order valence-electron chi connectivity index (χ4n) is 13.8. The minimum absolute atomic E-state index is 0.0649. The third-order valence-corrected chi connectivity index (χ3v) is 19.6. The number of carbonyl (C=O) groups is 5. The Kier molecular flexibility index (Phi) is 21.3. The number of nitrogens with one attached hydrogen (secondary N) is 3. The van der Waals surface area contributed by atoms with Crippen molar-refractivity contribution in [3.63, 3.8) is 0 Å². The molecule has 95 heavy (non-hydrogen) atoms. The summed E-state index contributed by atoms with van der Waals surface area (Å²) in [7, 11) is 5.23. The Morgan fingerprint density at radius 3 is 1.98 bits per heavy atom. The van der Waals surface area contributed by atoms with Gasteiger partial charge in [-0.25, -0.2) is 0 Å². The number of unbranched alkanes of at least 4 members (excludes halogenated alkanes) is 2. The molecular weight excluding hydrogens is 1200 g/mol. The van der Waals surface area contributed by atoms with Crippen LogP contribution in [0.25, 0.3) is 11.1 Å². The van der Waals surface area contributed by atoms with Crippen molar-refractivity contribution < 1.29 is 53.1 Å². The maximum absolute atomic E-state index is 14.4. The second-order valence-corrected chi connectivity index (χ2v) is 26.4. The first-order chi connectivity index (χ1) is 45.9. The van der Waals surface area contributed by atoms with Gasteiger partial charge in [0.25, 0.3) is 11.8 Å². The Labute approximate surface area is 557 Å². The zero-order valence-electron chi connectivity index (χ0n) is 56.0. The number of rotatable bonds is 25. The maximum atomic E-state index is 14.4. The van der Waals surface area contributed by atoms with Crippen LogP contribution in [-0.4, -0.2) is 156 Å². The van der Waals surface area contributed by atoms with Gasteiger partial charge in [0.15, 0.2) is 34.8 Å². The van der Waals surface area contributed by atoms with Gasteiger partial charge in [0.05, 0.1) is 61.5 Å². The van der Waals surface area contributed by atoms with Gasteiger partial charge in [0, 0.05) is 118 Å². The van der Waals surface area contributed by atoms with Gasteiger partial charge in [-0.2, -0.15) is 0 Å². The first-order valence-electron chi connectivity index (χ1n) is 34.0. The molecule has 1 aromatic heterocycles. The smallest absolute Gasteiger partial charge is 0.260 e. The average molecular weight is 1300 g/mol. The molecule has 4 unspecified atom stereocenters. The molecule has 5 aliphatic heterocycles. The van der Waals surface area contributed by atoms with E-state index in [0.717, 1.165) is 79.7 Å². The number of piperazine rings is 1. The zero-order valence-corrected chi connectivity index (χ0v) is 56.0. The second-order valence-electron chi connectivity index (χ2n) is 26.4. The maximum Gasteiger partial charge on any atom is 0.260 e. The molecule has 0 spiro atoms. The van der Waals surface area contributed by atoms with Crippen LogP contribution in [0.1, 0.15) is 167 Å². The van der Waals surface area contributed by atoms with Crippen molar-refractivity contribution in [3.8, 4) is 34.8 Å². The molecule has 21 nitrogen and oxygen atoms in total. The van der Waals surface area contributed by atoms with Gasteiger partial charge >= 0.3 is 0 Å². The van der Waals surface area contributed by atoms with Gasteiger partial charge in [-0.3, -0.25) is 38.5 Å². The number of likely N-dealkylation sites (N-methyl/N-ethyl adjacent to an activating group) is 1. The van der Waals surface area contributed by atoms with E-state index in [0.29, 0.717) is 103 Å². The van der Waals surface area contributed by atoms with Gasteiger partial charge in [-0.05, 0) is 117 Å². The summed E-state index contributed by atoms with van der Waals surface area (Å²) < 4.78 is 25.6. The molecule has 0 radical (unpaired) electrons. The number of nitrogens with zero attached hydrogens (tertiary/aromatic N) is 7. The van der Waals surface area contributed by atoms with Crippen molar-refractivity contribution in [1.82, 2.24) is 29.9 Å². The quantitative estimate of drug-likeness (QED) is 0.0342. The van der Waals surface area contributed by atoms with Crippen LogP contribution in [0.15, 0.2) is 101 Å². The number of fused-ring (bicyclic) bond motifs is 4. The van der Waals surface area contributed by atoms with Crippen LogP contribution in [0.4, 0.5) is 22.7 Å². The molecule has 6 heterocycles. The number of benzene rings is 4. The first kappa shape index (κ1) is 67.3. The molecule has 504 valence electrons. The molecule has 5 aromatic rings. The summed E-state index contributed by atoms with van der Waals surface area (Å²) in [5, 5.41) is 30.2. The number of carbonyl (C=O) groups excluding carboxylic acids is 5. The van der Waals surface area contributed by atoms with Gasteiger partial charge < -0.3 is 64.7 Å². The van der Waals surface area contributed by atoms with E-state index in [1.54, 1.807) is 72.2 Å². The van der Waals surface area contributed by atoms with Crippen molar-refractivity contribution in [2.24, 2.45) is 15.9 Å². The summed E-state index contributed by atoms with van der Waals surface area (Å²) in [6.45, 7) is 12.3. The topological polar surface area (TPSA) is 241 Å². The van der Waals surface area contributed by atoms with E-state index in [-0.39, 0.29) is 67.0 Å². The SMILES string of the molecule is CCC12C=Nc3cc(OCCCOc4cc5c(cc4OC)C(=O)N4C=C(c6ccc(NC(=O)C(C)NC(=O)C(NC(=O)CCCCCn7c(O)cc(C8CCCCCCC8)c7O)C(C)C)cc6)CC4C=N5)c(OC)cc3C(=O)N1C=C(c1ccc(N3CCN(C)CC3)cc1)C2. The van der Waals surface area contributed by atoms with Crippen LogP contribution in [0.5, 0.6) is 34.8 Å². The Bertz CT molecular complexity index is 3750. The molecule has 21 heteroatoms. The summed E-state index contributed by atoms with van der Waals surface area (Å²) in [6, 6.07) is 22.4. The number of hydrogen-bond donors (Lipinski definition) is 5. The highest BCUT2D eigenvalue weighted by molar-refractivity contribution is 6.07. The highest BCUT2D eigenvalue weighted by Gasteiger charge is 2.45. The molecule has 1 aliphatic carbocycles. The number of ether oxygens (including phenoxy) is 4. The first-order valence-corrected chi connectivity index (χ1v) is 34.0. The number of amides is 5. The molecule has 5 N–H and O–H groups in total. The molecule has 11 rings (SSSR count). The zero-order chi connectivity index (χ0) is 66.9. The third-order valence-electron chi connectivity index (χ3n) is 19.6. The van der Waals surface area contributed by atoms with E-state index in [1.165, 1.54) is 32.1 Å². The highest BCUT2D eigenvalue weighted by Crippen LogP contribution is 2.46. The number of hydrogen-bond acceptors (Lipinski definition) is 15. The van der Waals surface area contributed by atoms with Crippen molar-refractivity contribution in [2.45, 2.75) is 160 Å². The fourth-order valence-corrected chi connectivity index (χ4v) is 13.8. The predicted octanol–water partition coefficient (Wildman–Crippen LogP) is 11.9. The van der Waals surface area contributed by atoms with Crippen LogP contribution >= 0.6 is 0 Å². The van der Waals surface area contributed by atoms with Crippen LogP contribution < -0.4 is 39.8 Å². The van der Waals surface area contributed by atoms with E-state index in [4.69, 9.17) is 28.9 Å². The van der Waals surface area contributed by atoms with E-state index in [9.17, 15) is 34.2 Å². The molecule has 0 bridgehead atoms. The van der Waals surface area contributed by atoms with Crippen LogP contribution in [-0.2, 0) is 20.9 Å². The predicted molar refractivity (Wildman–Crippen MR) is 369 cm³/mol. The number of aliphatic imine (C=N–C) groups is 2. The van der Waals surface area contributed by atoms with E-state index < -0.39 is 29.4 Å². The summed E-state index contributed by atoms with van der Waals surface area (Å²) in [4.78, 5) is 86.7. The number of anilines is 2. The minimum atomic E-state index is -0.918. The summed E-state index contributed by atoms with van der Waals surface area (Å²) in [6.07, 6.45) is 19.8. The largest absolute Gasteiger partial charge is 0.494 e. The number of methoxy groups -OCH3 is 2. The molecular formula is C74H92N10O11. The van der Waals surface area contributed by atoms with Crippen molar-refractivity contribution in [3.05, 3.63) is 119 Å². The molecule has 5 amide bonds. The van der Waals surface area contributed by atoms with Gasteiger partial charge in [-0.1, -0.05) is 83.6 Å². The second kappa shape index (κ2) is 30.1. The Morgan fingerprint density at radius 1 is 0.695 bits per heavy atom. The fraction of sp³-hybridized carbons (Fsp3) is 0.473. The Morgan fingerprint density at radius 2 is 1.33 bits per heavy atom. The summed E-state index contributed by atoms with van der Waals surface area (Å²) >= 11 is 0. The normalized spacial score (nSPS) is 19.5. The molecule has 4 atom stereocenters. The van der Waals surface area contributed by atoms with Crippen molar-refractivity contribution in [2.75, 3.05) is 70.9 Å². The lowest BCUT2D eigenvalue weighted by atomic mass is 9.87. The van der Waals surface area contributed by atoms with Gasteiger partial charge in [-0.15, -0.1) is 0 Å². The molecule has 1 saturated heterocycles. The lowest BCUT2D eigenvalue weighted by Gasteiger charge is -2.34. The summed E-state index contributed by atoms with van der Waals surface area (Å²) in [5.41, 5.74) is 7.60. The van der Waals surface area contributed by atoms with Crippen molar-refractivity contribution >= 4 is 75.9 Å². The van der Waals surface area contributed by atoms with Crippen molar-refractivity contribution in [1.29, 1.82) is 0 Å². The van der Waals surface area contributed by atoms with Gasteiger partial charge in [0.1, 0.15) is 12.1 Å². The lowest BCUT2D eigenvalue weighted by molar-refractivity contribution is -0.131. The Balaban J connectivity index is 0.629. The number of aromatic hydroxyl groups is 2. The molecule has 2 fully saturated rings. The van der Waals surface area contributed by atoms with E-state index in [1.807, 2.05) is 49.5 Å². The number of aromatic nitrogens is 1. The lowest BCUT2D eigenvalue weighted by Crippen LogP contribution is -2.53. The van der Waals surface area contributed by atoms with Gasteiger partial charge in [0.2, 0.25) is 17.7 Å². The Hall–Kier alpha value is -9.11. The van der Waals surface area contributed by atoms with Crippen LogP contribution in [0, 0.1) is 5.92 Å². The summed E-state index contributed by atoms with van der Waals surface area (Å²) in [5.74, 6) is 0.291. The highest BCUT2D eigenvalue weighted by atomic mass is 16.5. The minimum Gasteiger partial charge on any atom is -0.494 e. The van der Waals surface area contributed by atoms with Crippen LogP contribution in [0.3, 0.4) is 0 Å². The van der Waals surface area contributed by atoms with Crippen LogP contribution in [0.2, 0.25) is 0 Å². The monoisotopic (exact) mass is 1300 g/mol. The molecule has 1 saturated carbocycles. The standard InChI is InChI=1S/C74H92N10O11/c1-8-74-42-53(50-23-27-55(28-24-50)81-32-30-80(5)31-33-81)45-84(74)73(91)59-38-63(93-7)65(41-61(59)76-46-74)95-35-17-34-94-64-40-60-58(37-62(64)92-6)72(90)83-44-52(36-56(83)43-75-60)49-21-25-54(26-22-49)78-69(87)48(4)77-70(88)68(47(2)3)79-66(85)20-15-12-16-29-82-67(86)39-57(71(82)89)51-18-13-10-9-11-14-19-51/h21-28,37-41,43-48,51,56,68,86,89H,8-20,29-36,42H2,1-7H3,(H,77,88)(H,78,87)(H,79,85). The van der Waals surface area contributed by atoms with E-state index >= 15 is 0 Å². The average Bonchev–Trinajstić information content (AvgIpc) is 1.61. The van der Waals surface area contributed by atoms with E-state index in [2.05, 4.69) is 64.0 Å². The molecule has 4 aromatic carbocycles.